The van der Waals surface area contributed by atoms with E-state index in [9.17, 15) is 22.0 Å². The van der Waals surface area contributed by atoms with Crippen molar-refractivity contribution in [3.63, 3.8) is 0 Å². The number of benzene rings is 2. The molecule has 3 aromatic rings. The van der Waals surface area contributed by atoms with Gasteiger partial charge in [-0.2, -0.15) is 4.31 Å². The van der Waals surface area contributed by atoms with Crippen LogP contribution in [0.15, 0.2) is 41.3 Å². The molecule has 1 saturated heterocycles. The van der Waals surface area contributed by atoms with Crippen LogP contribution in [0.1, 0.15) is 29.6 Å². The standard InChI is InChI=1S/C23H26F2N4O3S2.ClH/c1-27(2)12-13-29(23-26-21-19(25)14-17(24)15-20(21)33-23)22(30)16-6-8-18(9-7-16)34(31,32)28-10-4-3-5-11-28;/h6-9,14-15H,3-5,10-13H2,1-2H3;1H. The molecule has 0 N–H and O–H groups in total. The highest BCUT2D eigenvalue weighted by molar-refractivity contribution is 7.89. The summed E-state index contributed by atoms with van der Waals surface area (Å²) in [5.74, 6) is -1.90. The number of piperidine rings is 1. The third kappa shape index (κ3) is 5.97. The molecule has 35 heavy (non-hydrogen) atoms. The minimum absolute atomic E-state index is 0. The van der Waals surface area contributed by atoms with Gasteiger partial charge in [-0.15, -0.1) is 12.4 Å². The maximum atomic E-state index is 14.2. The summed E-state index contributed by atoms with van der Waals surface area (Å²) in [6.45, 7) is 1.77. The molecule has 4 rings (SSSR count). The highest BCUT2D eigenvalue weighted by atomic mass is 35.5. The van der Waals surface area contributed by atoms with Crippen LogP contribution in [0.2, 0.25) is 0 Å². The molecule has 190 valence electrons. The van der Waals surface area contributed by atoms with Crippen molar-refractivity contribution in [1.82, 2.24) is 14.2 Å². The Hall–Kier alpha value is -2.18. The molecule has 12 heteroatoms. The van der Waals surface area contributed by atoms with E-state index in [-0.39, 0.29) is 40.1 Å². The van der Waals surface area contributed by atoms with Crippen LogP contribution in [0.25, 0.3) is 10.2 Å². The van der Waals surface area contributed by atoms with Gasteiger partial charge in [0, 0.05) is 37.8 Å². The average molecular weight is 545 g/mol. The first kappa shape index (κ1) is 27.4. The lowest BCUT2D eigenvalue weighted by Gasteiger charge is -2.26. The highest BCUT2D eigenvalue weighted by Crippen LogP contribution is 2.32. The fourth-order valence-corrected chi connectivity index (χ4v) is 6.37. The minimum atomic E-state index is -3.61. The van der Waals surface area contributed by atoms with Gasteiger partial charge in [0.25, 0.3) is 5.91 Å². The van der Waals surface area contributed by atoms with Crippen molar-refractivity contribution in [1.29, 1.82) is 0 Å². The lowest BCUT2D eigenvalue weighted by molar-refractivity contribution is 0.0985. The van der Waals surface area contributed by atoms with Crippen molar-refractivity contribution in [2.75, 3.05) is 45.2 Å². The zero-order valence-electron chi connectivity index (χ0n) is 19.4. The topological polar surface area (TPSA) is 73.8 Å². The predicted molar refractivity (Wildman–Crippen MR) is 136 cm³/mol. The number of thiazole rings is 1. The second-order valence-electron chi connectivity index (χ2n) is 8.48. The first-order chi connectivity index (χ1) is 16.2. The van der Waals surface area contributed by atoms with Crippen LogP contribution in [0.3, 0.4) is 0 Å². The quantitative estimate of drug-likeness (QED) is 0.441. The Morgan fingerprint density at radius 1 is 1.06 bits per heavy atom. The molecule has 2 aromatic carbocycles. The molecule has 2 heterocycles. The van der Waals surface area contributed by atoms with Crippen LogP contribution >= 0.6 is 23.7 Å². The summed E-state index contributed by atoms with van der Waals surface area (Å²) in [7, 11) is 0.105. The normalized spacial score (nSPS) is 14.8. The monoisotopic (exact) mass is 544 g/mol. The summed E-state index contributed by atoms with van der Waals surface area (Å²) >= 11 is 1.03. The Bertz CT molecular complexity index is 1290. The maximum absolute atomic E-state index is 14.2. The molecule has 0 spiro atoms. The van der Waals surface area contributed by atoms with Gasteiger partial charge < -0.3 is 4.90 Å². The van der Waals surface area contributed by atoms with Crippen molar-refractivity contribution in [3.05, 3.63) is 53.6 Å². The third-order valence-electron chi connectivity index (χ3n) is 5.70. The van der Waals surface area contributed by atoms with Gasteiger partial charge in [-0.3, -0.25) is 9.69 Å². The van der Waals surface area contributed by atoms with Gasteiger partial charge in [0.05, 0.1) is 9.60 Å². The number of anilines is 1. The average Bonchev–Trinajstić information content (AvgIpc) is 3.23. The number of aromatic nitrogens is 1. The van der Waals surface area contributed by atoms with Gasteiger partial charge in [-0.05, 0) is 57.3 Å². The summed E-state index contributed by atoms with van der Waals surface area (Å²) in [5, 5.41) is 0.247. The van der Waals surface area contributed by atoms with E-state index in [2.05, 4.69) is 4.98 Å². The van der Waals surface area contributed by atoms with E-state index >= 15 is 0 Å². The summed E-state index contributed by atoms with van der Waals surface area (Å²) < 4.78 is 55.5. The predicted octanol–water partition coefficient (Wildman–Crippen LogP) is 4.38. The molecule has 1 aliphatic rings. The number of likely N-dealkylation sites (N-methyl/N-ethyl adjacent to an activating group) is 1. The van der Waals surface area contributed by atoms with Gasteiger partial charge >= 0.3 is 0 Å². The number of hydrogen-bond donors (Lipinski definition) is 0. The molecule has 1 aliphatic heterocycles. The van der Waals surface area contributed by atoms with E-state index < -0.39 is 27.6 Å². The number of fused-ring (bicyclic) bond motifs is 1. The lowest BCUT2D eigenvalue weighted by atomic mass is 10.2. The van der Waals surface area contributed by atoms with Crippen LogP contribution in [0, 0.1) is 11.6 Å². The number of sulfonamides is 1. The summed E-state index contributed by atoms with van der Waals surface area (Å²) in [5.41, 5.74) is 0.286. The van der Waals surface area contributed by atoms with Crippen LogP contribution in [0.5, 0.6) is 0 Å². The van der Waals surface area contributed by atoms with Crippen molar-refractivity contribution in [2.45, 2.75) is 24.2 Å². The highest BCUT2D eigenvalue weighted by Gasteiger charge is 2.27. The molecule has 0 aliphatic carbocycles. The van der Waals surface area contributed by atoms with Crippen LogP contribution in [-0.2, 0) is 10.0 Å². The summed E-state index contributed by atoms with van der Waals surface area (Å²) in [4.78, 5) is 21.1. The zero-order chi connectivity index (χ0) is 24.5. The molecule has 1 fully saturated rings. The van der Waals surface area contributed by atoms with E-state index in [0.29, 0.717) is 24.3 Å². The van der Waals surface area contributed by atoms with Crippen LogP contribution < -0.4 is 4.90 Å². The minimum Gasteiger partial charge on any atom is -0.308 e. The van der Waals surface area contributed by atoms with Crippen LogP contribution in [-0.4, -0.2) is 68.8 Å². The molecule has 0 unspecified atom stereocenters. The number of halogens is 3. The zero-order valence-corrected chi connectivity index (χ0v) is 21.9. The number of carbonyl (C=O) groups excluding carboxylic acids is 1. The second kappa shape index (κ2) is 11.3. The largest absolute Gasteiger partial charge is 0.308 e. The molecule has 1 aromatic heterocycles. The molecule has 0 atom stereocenters. The van der Waals surface area contributed by atoms with Crippen LogP contribution in [0.4, 0.5) is 13.9 Å². The first-order valence-electron chi connectivity index (χ1n) is 11.0. The van der Waals surface area contributed by atoms with E-state index in [1.54, 1.807) is 0 Å². The summed E-state index contributed by atoms with van der Waals surface area (Å²) in [6.07, 6.45) is 2.69. The number of amides is 1. The van der Waals surface area contributed by atoms with Crippen molar-refractivity contribution in [3.8, 4) is 0 Å². The van der Waals surface area contributed by atoms with E-state index in [4.69, 9.17) is 0 Å². The smallest absolute Gasteiger partial charge is 0.260 e. The Labute approximate surface area is 213 Å². The number of rotatable bonds is 7. The number of nitrogens with zero attached hydrogens (tertiary/aromatic N) is 4. The van der Waals surface area contributed by atoms with Gasteiger partial charge in [0.2, 0.25) is 10.0 Å². The Kier molecular flexibility index (Phi) is 8.81. The Morgan fingerprint density at radius 3 is 2.34 bits per heavy atom. The fourth-order valence-electron chi connectivity index (χ4n) is 3.82. The molecule has 0 radical (unpaired) electrons. The number of hydrogen-bond acceptors (Lipinski definition) is 6. The molecule has 1 amide bonds. The second-order valence-corrected chi connectivity index (χ2v) is 11.4. The lowest BCUT2D eigenvalue weighted by Crippen LogP contribution is -2.37. The number of carbonyl (C=O) groups is 1. The van der Waals surface area contributed by atoms with E-state index in [0.717, 1.165) is 36.7 Å². The Balaban J connectivity index is 0.00000342. The molecular formula is C23H27ClF2N4O3S2. The van der Waals surface area contributed by atoms with Gasteiger partial charge in [0.15, 0.2) is 10.9 Å². The van der Waals surface area contributed by atoms with Crippen molar-refractivity contribution < 1.29 is 22.0 Å². The SMILES string of the molecule is CN(C)CCN(C(=O)c1ccc(S(=O)(=O)N2CCCCC2)cc1)c1nc2c(F)cc(F)cc2s1.Cl. The first-order valence-corrected chi connectivity index (χ1v) is 13.2. The molecular weight excluding hydrogens is 518 g/mol. The Morgan fingerprint density at radius 2 is 1.71 bits per heavy atom. The van der Waals surface area contributed by atoms with E-state index in [1.165, 1.54) is 39.5 Å². The van der Waals surface area contributed by atoms with Gasteiger partial charge in [-0.25, -0.2) is 22.2 Å². The maximum Gasteiger partial charge on any atom is 0.260 e. The third-order valence-corrected chi connectivity index (χ3v) is 8.64. The van der Waals surface area contributed by atoms with Crippen molar-refractivity contribution >= 4 is 55.0 Å². The van der Waals surface area contributed by atoms with E-state index in [1.807, 2.05) is 19.0 Å². The summed E-state index contributed by atoms with van der Waals surface area (Å²) in [6, 6.07) is 7.79. The molecule has 0 saturated carbocycles. The molecule has 0 bridgehead atoms. The molecule has 7 nitrogen and oxygen atoms in total. The van der Waals surface area contributed by atoms with Gasteiger partial charge in [0.1, 0.15) is 11.3 Å². The van der Waals surface area contributed by atoms with Crippen molar-refractivity contribution in [2.24, 2.45) is 0 Å². The van der Waals surface area contributed by atoms with Gasteiger partial charge in [-0.1, -0.05) is 17.8 Å². The fraction of sp³-hybridized carbons (Fsp3) is 0.391.